The van der Waals surface area contributed by atoms with Crippen LogP contribution in [0.1, 0.15) is 91.5 Å². The molecule has 0 aliphatic heterocycles. The zero-order chi connectivity index (χ0) is 24.3. The fourth-order valence-electron chi connectivity index (χ4n) is 5.84. The Morgan fingerprint density at radius 2 is 1.33 bits per heavy atom. The lowest BCUT2D eigenvalue weighted by molar-refractivity contribution is -0.0156. The van der Waals surface area contributed by atoms with Crippen molar-refractivity contribution in [3.8, 4) is 0 Å². The highest BCUT2D eigenvalue weighted by Gasteiger charge is 2.47. The highest BCUT2D eigenvalue weighted by molar-refractivity contribution is 7.54. The van der Waals surface area contributed by atoms with Crippen LogP contribution in [0.25, 0.3) is 0 Å². The number of aliphatic hydroxyl groups excluding tert-OH is 1. The third-order valence-corrected chi connectivity index (χ3v) is 9.98. The summed E-state index contributed by atoms with van der Waals surface area (Å²) in [5.41, 5.74) is -0.0178. The Kier molecular flexibility index (Phi) is 9.22. The van der Waals surface area contributed by atoms with E-state index in [1.54, 1.807) is 12.1 Å². The molecule has 1 aromatic carbocycles. The molecule has 33 heavy (non-hydrogen) atoms. The van der Waals surface area contributed by atoms with E-state index in [0.717, 1.165) is 38.5 Å². The van der Waals surface area contributed by atoms with Gasteiger partial charge < -0.3 is 14.2 Å². The van der Waals surface area contributed by atoms with Crippen LogP contribution in [0.3, 0.4) is 0 Å². The lowest BCUT2D eigenvalue weighted by Gasteiger charge is -2.42. The van der Waals surface area contributed by atoms with E-state index in [-0.39, 0.29) is 29.6 Å². The lowest BCUT2D eigenvalue weighted by Crippen LogP contribution is -2.37. The van der Waals surface area contributed by atoms with Crippen molar-refractivity contribution in [2.75, 3.05) is 0 Å². The van der Waals surface area contributed by atoms with Crippen LogP contribution in [0.15, 0.2) is 24.3 Å². The molecule has 4 nitrogen and oxygen atoms in total. The minimum absolute atomic E-state index is 0.0178. The zero-order valence-electron chi connectivity index (χ0n) is 21.2. The van der Waals surface area contributed by atoms with Crippen LogP contribution in [-0.4, -0.2) is 17.3 Å². The quantitative estimate of drug-likeness (QED) is 0.382. The van der Waals surface area contributed by atoms with E-state index >= 15 is 0 Å². The molecule has 3 rings (SSSR count). The summed E-state index contributed by atoms with van der Waals surface area (Å²) >= 11 is 0. The predicted molar refractivity (Wildman–Crippen MR) is 131 cm³/mol. The Hall–Kier alpha value is -0.740. The molecule has 8 atom stereocenters. The zero-order valence-corrected chi connectivity index (χ0v) is 22.1. The Labute approximate surface area is 200 Å². The van der Waals surface area contributed by atoms with Gasteiger partial charge in [-0.3, -0.25) is 4.57 Å². The van der Waals surface area contributed by atoms with Crippen molar-refractivity contribution in [1.29, 1.82) is 0 Å². The first-order chi connectivity index (χ1) is 15.5. The molecule has 188 valence electrons. The molecule has 1 aromatic rings. The fourth-order valence-corrected chi connectivity index (χ4v) is 7.91. The smallest absolute Gasteiger partial charge is 0.364 e. The molecule has 2 fully saturated rings. The third-order valence-electron chi connectivity index (χ3n) is 7.97. The molecule has 0 spiro atoms. The molecule has 0 saturated heterocycles. The molecule has 2 aliphatic rings. The highest BCUT2D eigenvalue weighted by atomic mass is 31.2. The summed E-state index contributed by atoms with van der Waals surface area (Å²) < 4.78 is 41.9. The van der Waals surface area contributed by atoms with Crippen LogP contribution in [0.4, 0.5) is 4.39 Å². The van der Waals surface area contributed by atoms with Crippen molar-refractivity contribution >= 4 is 7.60 Å². The maximum Gasteiger partial charge on any atom is 0.364 e. The third kappa shape index (κ3) is 6.48. The van der Waals surface area contributed by atoms with E-state index in [2.05, 4.69) is 41.5 Å². The molecule has 0 bridgehead atoms. The molecule has 6 heteroatoms. The van der Waals surface area contributed by atoms with Gasteiger partial charge in [0.2, 0.25) is 0 Å². The van der Waals surface area contributed by atoms with E-state index in [1.165, 1.54) is 12.1 Å². The van der Waals surface area contributed by atoms with Gasteiger partial charge >= 0.3 is 7.60 Å². The van der Waals surface area contributed by atoms with E-state index in [0.29, 0.717) is 23.7 Å². The average molecular weight is 483 g/mol. The molecule has 0 aromatic heterocycles. The largest absolute Gasteiger partial charge is 0.376 e. The van der Waals surface area contributed by atoms with Crippen molar-refractivity contribution in [3.63, 3.8) is 0 Å². The van der Waals surface area contributed by atoms with Crippen molar-refractivity contribution in [2.24, 2.45) is 35.5 Å². The second kappa shape index (κ2) is 11.3. The summed E-state index contributed by atoms with van der Waals surface area (Å²) in [6, 6.07) is 5.97. The van der Waals surface area contributed by atoms with Crippen LogP contribution >= 0.6 is 7.60 Å². The summed E-state index contributed by atoms with van der Waals surface area (Å²) in [5, 5.41) is 11.3. The highest BCUT2D eigenvalue weighted by Crippen LogP contribution is 2.64. The molecule has 2 aliphatic carbocycles. The van der Waals surface area contributed by atoms with Crippen molar-refractivity contribution in [2.45, 2.75) is 98.1 Å². The van der Waals surface area contributed by atoms with Gasteiger partial charge in [-0.25, -0.2) is 4.39 Å². The van der Waals surface area contributed by atoms with Crippen molar-refractivity contribution in [3.05, 3.63) is 35.6 Å². The van der Waals surface area contributed by atoms with Gasteiger partial charge in [-0.05, 0) is 67.3 Å². The lowest BCUT2D eigenvalue weighted by atomic mass is 9.75. The van der Waals surface area contributed by atoms with Gasteiger partial charge in [-0.15, -0.1) is 0 Å². The van der Waals surface area contributed by atoms with Crippen LogP contribution in [0.5, 0.6) is 0 Å². The number of benzene rings is 1. The number of halogens is 1. The molecule has 0 radical (unpaired) electrons. The molecule has 1 unspecified atom stereocenters. The van der Waals surface area contributed by atoms with E-state index in [4.69, 9.17) is 9.05 Å². The van der Waals surface area contributed by atoms with E-state index in [9.17, 15) is 14.1 Å². The van der Waals surface area contributed by atoms with Gasteiger partial charge in [-0.2, -0.15) is 0 Å². The predicted octanol–water partition coefficient (Wildman–Crippen LogP) is 7.96. The van der Waals surface area contributed by atoms with Gasteiger partial charge in [0.1, 0.15) is 5.82 Å². The average Bonchev–Trinajstić information content (AvgIpc) is 2.73. The number of rotatable bonds is 8. The molecule has 1 N–H and O–H groups in total. The first-order valence-corrected chi connectivity index (χ1v) is 14.5. The van der Waals surface area contributed by atoms with Crippen molar-refractivity contribution in [1.82, 2.24) is 0 Å². The normalized spacial score (nSPS) is 33.8. The minimum atomic E-state index is -4.09. The Morgan fingerprint density at radius 3 is 1.76 bits per heavy atom. The van der Waals surface area contributed by atoms with Crippen LogP contribution in [-0.2, 0) is 13.6 Å². The first kappa shape index (κ1) is 26.9. The monoisotopic (exact) mass is 482 g/mol. The maximum absolute atomic E-state index is 14.7. The molecule has 0 amide bonds. The summed E-state index contributed by atoms with van der Waals surface area (Å²) in [7, 11) is -4.09. The molecular formula is C27H44FO4P. The number of aliphatic hydroxyl groups is 1. The maximum atomic E-state index is 14.7. The van der Waals surface area contributed by atoms with Gasteiger partial charge in [0.05, 0.1) is 12.2 Å². The Bertz CT molecular complexity index is 775. The van der Waals surface area contributed by atoms with Gasteiger partial charge in [0.25, 0.3) is 0 Å². The summed E-state index contributed by atoms with van der Waals surface area (Å²) in [4.78, 5) is 0. The summed E-state index contributed by atoms with van der Waals surface area (Å²) in [6.07, 6.45) is 5.20. The Balaban J connectivity index is 1.96. The summed E-state index contributed by atoms with van der Waals surface area (Å²) in [6.45, 7) is 13.0. The second-order valence-corrected chi connectivity index (χ2v) is 13.4. The fraction of sp³-hybridized carbons (Fsp3) is 0.778. The Morgan fingerprint density at radius 1 is 0.879 bits per heavy atom. The standard InChI is InChI=1S/C27H44FO4P/c1-17(2)21-13-11-19(5)15-25(21)31-33(30,27(29)23-9-7-8-10-24(23)28)32-26-16-20(6)12-14-22(26)18(3)4/h7-10,17-22,25-27,29H,11-16H2,1-6H3/t19-,20+,21-,22-,25-,26-,27+,33?/m1/s1. The molecule has 0 heterocycles. The minimum Gasteiger partial charge on any atom is -0.376 e. The van der Waals surface area contributed by atoms with E-state index < -0.39 is 19.3 Å². The number of hydrogen-bond acceptors (Lipinski definition) is 4. The molecule has 2 saturated carbocycles. The van der Waals surface area contributed by atoms with Crippen molar-refractivity contribution < 1.29 is 23.1 Å². The topological polar surface area (TPSA) is 55.8 Å². The summed E-state index contributed by atoms with van der Waals surface area (Å²) in [5.74, 6) is -0.154. The van der Waals surface area contributed by atoms with Crippen LogP contribution < -0.4 is 0 Å². The second-order valence-electron chi connectivity index (χ2n) is 11.4. The van der Waals surface area contributed by atoms with E-state index in [1.807, 2.05) is 0 Å². The van der Waals surface area contributed by atoms with Crippen LogP contribution in [0.2, 0.25) is 0 Å². The van der Waals surface area contributed by atoms with Gasteiger partial charge in [0, 0.05) is 5.56 Å². The number of hydrogen-bond donors (Lipinski definition) is 1. The molecular weight excluding hydrogens is 438 g/mol. The van der Waals surface area contributed by atoms with Gasteiger partial charge in [0.15, 0.2) is 5.85 Å². The first-order valence-electron chi connectivity index (χ1n) is 12.9. The van der Waals surface area contributed by atoms with Gasteiger partial charge in [-0.1, -0.05) is 72.6 Å². The van der Waals surface area contributed by atoms with Crippen LogP contribution in [0, 0.1) is 41.3 Å². The SMILES string of the molecule is CC(C)[C@H]1CC[C@@H](C)C[C@H]1OP(=O)(O[C@@H]1C[C@@H](C)CC[C@@H]1C(C)C)[C@H](O)c1ccccc1F.